The number of nitrogens with one attached hydrogen (secondary N) is 1. The van der Waals surface area contributed by atoms with E-state index in [1.165, 1.54) is 6.07 Å². The number of guanidine groups is 1. The molecule has 8 heteroatoms. The van der Waals surface area contributed by atoms with E-state index in [4.69, 9.17) is 11.5 Å². The summed E-state index contributed by atoms with van der Waals surface area (Å²) in [6, 6.07) is 3.21. The lowest BCUT2D eigenvalue weighted by Gasteiger charge is -2.02. The molecule has 1 aromatic rings. The van der Waals surface area contributed by atoms with Crippen molar-refractivity contribution in [2.24, 2.45) is 16.5 Å². The van der Waals surface area contributed by atoms with Gasteiger partial charge in [0.2, 0.25) is 10.0 Å². The molecule has 1 heterocycles. The summed E-state index contributed by atoms with van der Waals surface area (Å²) in [5.41, 5.74) is 10.2. The number of aliphatic imine (C=N–C) groups is 1. The average Bonchev–Trinajstić information content (AvgIpc) is 2.65. The molecule has 0 saturated heterocycles. The second-order valence-corrected chi connectivity index (χ2v) is 5.58. The fourth-order valence-corrected chi connectivity index (χ4v) is 2.91. The fraction of sp³-hybridized carbons (Fsp3) is 0.286. The Morgan fingerprint density at radius 2 is 2.27 bits per heavy atom. The highest BCUT2D eigenvalue weighted by atomic mass is 32.2. The van der Waals surface area contributed by atoms with Gasteiger partial charge in [0, 0.05) is 6.54 Å². The van der Waals surface area contributed by atoms with Gasteiger partial charge in [0.05, 0.1) is 6.54 Å². The Hall–Kier alpha value is -1.12. The van der Waals surface area contributed by atoms with Crippen LogP contribution < -0.4 is 16.2 Å². The van der Waals surface area contributed by atoms with Crippen molar-refractivity contribution in [1.82, 2.24) is 4.72 Å². The first kappa shape index (κ1) is 12.0. The molecule has 84 valence electrons. The van der Waals surface area contributed by atoms with E-state index < -0.39 is 10.0 Å². The van der Waals surface area contributed by atoms with Crippen LogP contribution >= 0.6 is 11.3 Å². The summed E-state index contributed by atoms with van der Waals surface area (Å²) >= 11 is 1.16. The third-order valence-electron chi connectivity index (χ3n) is 1.46. The summed E-state index contributed by atoms with van der Waals surface area (Å²) in [5, 5.41) is 1.70. The van der Waals surface area contributed by atoms with E-state index in [0.29, 0.717) is 0 Å². The number of rotatable bonds is 5. The van der Waals surface area contributed by atoms with Gasteiger partial charge in [0.1, 0.15) is 4.21 Å². The zero-order chi connectivity index (χ0) is 11.3. The van der Waals surface area contributed by atoms with Gasteiger partial charge < -0.3 is 11.5 Å². The van der Waals surface area contributed by atoms with Crippen molar-refractivity contribution >= 4 is 27.3 Å². The number of sulfonamides is 1. The summed E-state index contributed by atoms with van der Waals surface area (Å²) in [5.74, 6) is -0.0506. The monoisotopic (exact) mass is 248 g/mol. The highest BCUT2D eigenvalue weighted by Crippen LogP contribution is 2.14. The summed E-state index contributed by atoms with van der Waals surface area (Å²) in [7, 11) is -3.40. The van der Waals surface area contributed by atoms with E-state index >= 15 is 0 Å². The molecular weight excluding hydrogens is 236 g/mol. The molecule has 0 aromatic carbocycles. The van der Waals surface area contributed by atoms with Crippen LogP contribution in [0.2, 0.25) is 0 Å². The Balaban J connectivity index is 2.49. The van der Waals surface area contributed by atoms with Crippen LogP contribution in [-0.2, 0) is 10.0 Å². The minimum Gasteiger partial charge on any atom is -0.370 e. The van der Waals surface area contributed by atoms with Crippen LogP contribution in [0.15, 0.2) is 26.7 Å². The molecule has 0 amide bonds. The molecule has 1 aromatic heterocycles. The lowest BCUT2D eigenvalue weighted by atomic mass is 10.7. The van der Waals surface area contributed by atoms with Crippen molar-refractivity contribution in [2.45, 2.75) is 4.21 Å². The van der Waals surface area contributed by atoms with Crippen LogP contribution in [0, 0.1) is 0 Å². The Morgan fingerprint density at radius 3 is 2.80 bits per heavy atom. The first-order valence-electron chi connectivity index (χ1n) is 4.11. The Bertz CT molecular complexity index is 420. The molecule has 0 radical (unpaired) electrons. The van der Waals surface area contributed by atoms with E-state index in [0.717, 1.165) is 11.3 Å². The molecule has 5 N–H and O–H groups in total. The van der Waals surface area contributed by atoms with E-state index in [9.17, 15) is 8.42 Å². The topological polar surface area (TPSA) is 111 Å². The van der Waals surface area contributed by atoms with Crippen LogP contribution in [0.5, 0.6) is 0 Å². The predicted octanol–water partition coefficient (Wildman–Crippen LogP) is -0.700. The van der Waals surface area contributed by atoms with Crippen LogP contribution in [0.3, 0.4) is 0 Å². The van der Waals surface area contributed by atoms with Crippen LogP contribution in [-0.4, -0.2) is 27.5 Å². The Morgan fingerprint density at radius 1 is 1.53 bits per heavy atom. The molecule has 0 unspecified atom stereocenters. The number of hydrogen-bond acceptors (Lipinski definition) is 4. The van der Waals surface area contributed by atoms with E-state index in [-0.39, 0.29) is 23.3 Å². The summed E-state index contributed by atoms with van der Waals surface area (Å²) in [4.78, 5) is 3.66. The second-order valence-electron chi connectivity index (χ2n) is 2.64. The van der Waals surface area contributed by atoms with Crippen molar-refractivity contribution < 1.29 is 8.42 Å². The first-order chi connectivity index (χ1) is 7.02. The van der Waals surface area contributed by atoms with Crippen molar-refractivity contribution in [3.63, 3.8) is 0 Å². The number of nitrogens with zero attached hydrogens (tertiary/aromatic N) is 1. The van der Waals surface area contributed by atoms with Crippen molar-refractivity contribution in [1.29, 1.82) is 0 Å². The fourth-order valence-electron chi connectivity index (χ4n) is 0.853. The molecule has 0 spiro atoms. The molecule has 15 heavy (non-hydrogen) atoms. The number of nitrogens with two attached hydrogens (primary N) is 2. The number of thiophene rings is 1. The highest BCUT2D eigenvalue weighted by molar-refractivity contribution is 7.91. The van der Waals surface area contributed by atoms with E-state index in [1.807, 2.05) is 0 Å². The smallest absolute Gasteiger partial charge is 0.250 e. The van der Waals surface area contributed by atoms with Gasteiger partial charge in [-0.05, 0) is 11.4 Å². The van der Waals surface area contributed by atoms with E-state index in [2.05, 4.69) is 9.71 Å². The molecule has 0 fully saturated rings. The van der Waals surface area contributed by atoms with Crippen molar-refractivity contribution in [2.75, 3.05) is 13.1 Å². The van der Waals surface area contributed by atoms with Gasteiger partial charge in [0.25, 0.3) is 0 Å². The average molecular weight is 248 g/mol. The third kappa shape index (κ3) is 3.86. The molecular formula is C7H12N4O2S2. The molecule has 0 aliphatic heterocycles. The van der Waals surface area contributed by atoms with E-state index in [1.54, 1.807) is 11.4 Å². The van der Waals surface area contributed by atoms with Crippen molar-refractivity contribution in [3.8, 4) is 0 Å². The molecule has 0 saturated carbocycles. The SMILES string of the molecule is NC(N)=NCCNS(=O)(=O)c1cccs1. The zero-order valence-electron chi connectivity index (χ0n) is 7.88. The molecule has 1 rings (SSSR count). The van der Waals surface area contributed by atoms with Gasteiger partial charge in [-0.2, -0.15) is 0 Å². The first-order valence-corrected chi connectivity index (χ1v) is 6.47. The zero-order valence-corrected chi connectivity index (χ0v) is 9.51. The summed E-state index contributed by atoms with van der Waals surface area (Å²) in [6.07, 6.45) is 0. The van der Waals surface area contributed by atoms with Gasteiger partial charge in [-0.3, -0.25) is 4.99 Å². The normalized spacial score (nSPS) is 11.2. The lowest BCUT2D eigenvalue weighted by molar-refractivity contribution is 0.584. The predicted molar refractivity (Wildman–Crippen MR) is 60.2 cm³/mol. The molecule has 0 aliphatic carbocycles. The lowest BCUT2D eigenvalue weighted by Crippen LogP contribution is -2.28. The van der Waals surface area contributed by atoms with Crippen molar-refractivity contribution in [3.05, 3.63) is 17.5 Å². The third-order valence-corrected chi connectivity index (χ3v) is 4.32. The second kappa shape index (κ2) is 5.10. The summed E-state index contributed by atoms with van der Waals surface area (Å²) in [6.45, 7) is 0.408. The van der Waals surface area contributed by atoms with Gasteiger partial charge >= 0.3 is 0 Å². The van der Waals surface area contributed by atoms with Gasteiger partial charge in [-0.15, -0.1) is 11.3 Å². The van der Waals surface area contributed by atoms with Crippen LogP contribution in [0.4, 0.5) is 0 Å². The van der Waals surface area contributed by atoms with Gasteiger partial charge in [-0.1, -0.05) is 6.07 Å². The van der Waals surface area contributed by atoms with Gasteiger partial charge in [0.15, 0.2) is 5.96 Å². The molecule has 0 aliphatic rings. The van der Waals surface area contributed by atoms with Crippen LogP contribution in [0.1, 0.15) is 0 Å². The Labute approximate surface area is 92.1 Å². The maximum absolute atomic E-state index is 11.5. The van der Waals surface area contributed by atoms with Gasteiger partial charge in [-0.25, -0.2) is 13.1 Å². The highest BCUT2D eigenvalue weighted by Gasteiger charge is 2.13. The molecule has 0 atom stereocenters. The molecule has 0 bridgehead atoms. The number of hydrogen-bond donors (Lipinski definition) is 3. The Kier molecular flexibility index (Phi) is 4.06. The quantitative estimate of drug-likeness (QED) is 0.363. The minimum atomic E-state index is -3.40. The maximum Gasteiger partial charge on any atom is 0.250 e. The maximum atomic E-state index is 11.5. The largest absolute Gasteiger partial charge is 0.370 e. The standard InChI is InChI=1S/C7H12N4O2S2/c8-7(9)10-3-4-11-15(12,13)6-2-1-5-14-6/h1-2,5,11H,3-4H2,(H4,8,9,10). The molecule has 6 nitrogen and oxygen atoms in total. The summed E-state index contributed by atoms with van der Waals surface area (Å²) < 4.78 is 25.7. The minimum absolute atomic E-state index is 0.0506. The van der Waals surface area contributed by atoms with Crippen LogP contribution in [0.25, 0.3) is 0 Å².